The molecule has 1 aromatic carbocycles. The molecule has 0 saturated heterocycles. The monoisotopic (exact) mass is 347 g/mol. The Kier molecular flexibility index (Phi) is 5.63. The maximum Gasteiger partial charge on any atom is 0.332 e. The van der Waals surface area contributed by atoms with Crippen molar-refractivity contribution in [1.29, 1.82) is 0 Å². The summed E-state index contributed by atoms with van der Waals surface area (Å²) in [6.07, 6.45) is 2.39. The van der Waals surface area contributed by atoms with Crippen LogP contribution in [0.15, 0.2) is 47.5 Å². The standard InChI is InChI=1S/C17H18FN3O4/c1-3-20(12(2)13-4-6-14(18)7-5-13)17(23)11-19-9-8-16(22)15(10-19)21(24)25/h4-10,12H,3,11H2,1-2H3/t12-/m0/s1. The third-order valence-corrected chi connectivity index (χ3v) is 3.95. The maximum atomic E-state index is 13.1. The molecule has 1 atom stereocenters. The largest absolute Gasteiger partial charge is 0.339 e. The Morgan fingerprint density at radius 2 is 1.96 bits per heavy atom. The third kappa shape index (κ3) is 4.28. The summed E-state index contributed by atoms with van der Waals surface area (Å²) in [5.41, 5.74) is -0.506. The van der Waals surface area contributed by atoms with Crippen molar-refractivity contribution in [2.24, 2.45) is 0 Å². The van der Waals surface area contributed by atoms with Gasteiger partial charge in [-0.25, -0.2) is 4.39 Å². The van der Waals surface area contributed by atoms with Gasteiger partial charge in [0.2, 0.25) is 5.91 Å². The predicted octanol–water partition coefficient (Wildman–Crippen LogP) is 2.51. The van der Waals surface area contributed by atoms with E-state index in [2.05, 4.69) is 0 Å². The first-order valence-corrected chi connectivity index (χ1v) is 7.73. The van der Waals surface area contributed by atoms with Gasteiger partial charge >= 0.3 is 5.69 Å². The minimum atomic E-state index is -0.776. The van der Waals surface area contributed by atoms with E-state index in [4.69, 9.17) is 0 Å². The summed E-state index contributed by atoms with van der Waals surface area (Å²) in [6.45, 7) is 3.91. The van der Waals surface area contributed by atoms with Crippen LogP contribution in [0, 0.1) is 15.9 Å². The second kappa shape index (κ2) is 7.69. The highest BCUT2D eigenvalue weighted by Crippen LogP contribution is 2.21. The molecule has 0 saturated carbocycles. The van der Waals surface area contributed by atoms with Crippen LogP contribution in [0.5, 0.6) is 0 Å². The molecule has 0 aliphatic carbocycles. The predicted molar refractivity (Wildman–Crippen MR) is 89.6 cm³/mol. The first kappa shape index (κ1) is 18.3. The first-order valence-electron chi connectivity index (χ1n) is 7.73. The second-order valence-corrected chi connectivity index (χ2v) is 5.53. The van der Waals surface area contributed by atoms with Crippen molar-refractivity contribution >= 4 is 11.6 Å². The van der Waals surface area contributed by atoms with Crippen LogP contribution in [-0.4, -0.2) is 26.8 Å². The fourth-order valence-corrected chi connectivity index (χ4v) is 2.58. The molecule has 0 aliphatic heterocycles. The molecule has 7 nitrogen and oxygen atoms in total. The molecule has 0 N–H and O–H groups in total. The number of amides is 1. The number of likely N-dealkylation sites (N-methyl/N-ethyl adjacent to an activating group) is 1. The van der Waals surface area contributed by atoms with Crippen LogP contribution in [-0.2, 0) is 11.3 Å². The average Bonchev–Trinajstić information content (AvgIpc) is 2.57. The maximum absolute atomic E-state index is 13.1. The Bertz CT molecular complexity index is 833. The summed E-state index contributed by atoms with van der Waals surface area (Å²) >= 11 is 0. The van der Waals surface area contributed by atoms with Gasteiger partial charge in [-0.15, -0.1) is 0 Å². The van der Waals surface area contributed by atoms with Crippen LogP contribution in [0.1, 0.15) is 25.5 Å². The van der Waals surface area contributed by atoms with E-state index in [0.29, 0.717) is 6.54 Å². The summed E-state index contributed by atoms with van der Waals surface area (Å²) in [5, 5.41) is 10.8. The summed E-state index contributed by atoms with van der Waals surface area (Å²) in [7, 11) is 0. The fraction of sp³-hybridized carbons (Fsp3) is 0.294. The molecular weight excluding hydrogens is 329 g/mol. The molecule has 0 bridgehead atoms. The highest BCUT2D eigenvalue weighted by Gasteiger charge is 2.21. The molecule has 8 heteroatoms. The number of carbonyl (C=O) groups excluding carboxylic acids is 1. The Hall–Kier alpha value is -3.03. The van der Waals surface area contributed by atoms with E-state index in [0.717, 1.165) is 17.8 Å². The van der Waals surface area contributed by atoms with Gasteiger partial charge in [0.25, 0.3) is 5.43 Å². The van der Waals surface area contributed by atoms with Crippen molar-refractivity contribution in [3.05, 3.63) is 74.4 Å². The molecule has 25 heavy (non-hydrogen) atoms. The molecule has 0 unspecified atom stereocenters. The summed E-state index contributed by atoms with van der Waals surface area (Å²) in [5.74, 6) is -0.622. The van der Waals surface area contributed by atoms with E-state index in [1.54, 1.807) is 17.0 Å². The summed E-state index contributed by atoms with van der Waals surface area (Å²) < 4.78 is 14.4. The molecule has 2 aromatic rings. The zero-order valence-corrected chi connectivity index (χ0v) is 13.9. The molecule has 1 amide bonds. The minimum absolute atomic E-state index is 0.138. The number of carbonyl (C=O) groups is 1. The topological polar surface area (TPSA) is 85.5 Å². The van der Waals surface area contributed by atoms with Gasteiger partial charge in [0, 0.05) is 18.8 Å². The van der Waals surface area contributed by atoms with Crippen LogP contribution >= 0.6 is 0 Å². The number of rotatable bonds is 6. The number of aromatic nitrogens is 1. The van der Waals surface area contributed by atoms with Crippen LogP contribution in [0.25, 0.3) is 0 Å². The lowest BCUT2D eigenvalue weighted by Crippen LogP contribution is -2.36. The Morgan fingerprint density at radius 3 is 2.52 bits per heavy atom. The minimum Gasteiger partial charge on any atom is -0.339 e. The van der Waals surface area contributed by atoms with E-state index in [9.17, 15) is 24.1 Å². The molecule has 0 radical (unpaired) electrons. The molecule has 0 spiro atoms. The first-order chi connectivity index (χ1) is 11.8. The van der Waals surface area contributed by atoms with Crippen molar-refractivity contribution in [2.45, 2.75) is 26.4 Å². The van der Waals surface area contributed by atoms with Crippen LogP contribution in [0.4, 0.5) is 10.1 Å². The SMILES string of the molecule is CCN(C(=O)Cn1ccc(=O)c([N+](=O)[O-])c1)[C@@H](C)c1ccc(F)cc1. The quantitative estimate of drug-likeness (QED) is 0.593. The number of nitrogens with zero attached hydrogens (tertiary/aromatic N) is 3. The normalized spacial score (nSPS) is 11.8. The van der Waals surface area contributed by atoms with Crippen molar-refractivity contribution < 1.29 is 14.1 Å². The summed E-state index contributed by atoms with van der Waals surface area (Å²) in [4.78, 5) is 35.6. The van der Waals surface area contributed by atoms with Crippen LogP contribution < -0.4 is 5.43 Å². The number of benzene rings is 1. The number of nitro groups is 1. The Labute approximate surface area is 143 Å². The lowest BCUT2D eigenvalue weighted by molar-refractivity contribution is -0.386. The van der Waals surface area contributed by atoms with Crippen LogP contribution in [0.3, 0.4) is 0 Å². The smallest absolute Gasteiger partial charge is 0.332 e. The van der Waals surface area contributed by atoms with Gasteiger partial charge in [0.05, 0.1) is 17.2 Å². The van der Waals surface area contributed by atoms with Gasteiger partial charge in [-0.2, -0.15) is 0 Å². The lowest BCUT2D eigenvalue weighted by atomic mass is 10.1. The second-order valence-electron chi connectivity index (χ2n) is 5.53. The van der Waals surface area contributed by atoms with Gasteiger partial charge in [0.1, 0.15) is 12.4 Å². The van der Waals surface area contributed by atoms with Crippen LogP contribution in [0.2, 0.25) is 0 Å². The zero-order chi connectivity index (χ0) is 18.6. The Morgan fingerprint density at radius 1 is 1.32 bits per heavy atom. The highest BCUT2D eigenvalue weighted by molar-refractivity contribution is 5.76. The molecule has 0 aliphatic rings. The van der Waals surface area contributed by atoms with Crippen molar-refractivity contribution in [1.82, 2.24) is 9.47 Å². The van der Waals surface area contributed by atoms with Gasteiger partial charge in [0.15, 0.2) is 0 Å². The van der Waals surface area contributed by atoms with E-state index in [-0.39, 0.29) is 24.3 Å². The number of halogens is 1. The molecule has 0 fully saturated rings. The number of pyridine rings is 1. The zero-order valence-electron chi connectivity index (χ0n) is 13.9. The molecular formula is C17H18FN3O4. The molecule has 1 heterocycles. The molecule has 2 rings (SSSR count). The number of hydrogen-bond acceptors (Lipinski definition) is 4. The van der Waals surface area contributed by atoms with Gasteiger partial charge in [-0.05, 0) is 31.5 Å². The summed E-state index contributed by atoms with van der Waals surface area (Å²) in [6, 6.07) is 6.66. The Balaban J connectivity index is 2.20. The average molecular weight is 347 g/mol. The highest BCUT2D eigenvalue weighted by atomic mass is 19.1. The van der Waals surface area contributed by atoms with Crippen molar-refractivity contribution in [3.63, 3.8) is 0 Å². The third-order valence-electron chi connectivity index (χ3n) is 3.95. The van der Waals surface area contributed by atoms with Crippen molar-refractivity contribution in [2.75, 3.05) is 6.54 Å². The van der Waals surface area contributed by atoms with E-state index in [1.165, 1.54) is 22.9 Å². The van der Waals surface area contributed by atoms with E-state index >= 15 is 0 Å². The van der Waals surface area contributed by atoms with Crippen molar-refractivity contribution in [3.8, 4) is 0 Å². The van der Waals surface area contributed by atoms with Gasteiger partial charge < -0.3 is 9.47 Å². The van der Waals surface area contributed by atoms with Gasteiger partial charge in [-0.3, -0.25) is 19.7 Å². The van der Waals surface area contributed by atoms with E-state index in [1.807, 2.05) is 13.8 Å². The van der Waals surface area contributed by atoms with E-state index < -0.39 is 16.0 Å². The van der Waals surface area contributed by atoms with Gasteiger partial charge in [-0.1, -0.05) is 12.1 Å². The fourth-order valence-electron chi connectivity index (χ4n) is 2.58. The molecule has 1 aromatic heterocycles. The number of hydrogen-bond donors (Lipinski definition) is 0. The molecule has 132 valence electrons. The lowest BCUT2D eigenvalue weighted by Gasteiger charge is -2.28.